The van der Waals surface area contributed by atoms with Crippen molar-refractivity contribution in [3.8, 4) is 0 Å². The highest BCUT2D eigenvalue weighted by Gasteiger charge is 2.21. The van der Waals surface area contributed by atoms with Gasteiger partial charge in [-0.05, 0) is 34.5 Å². The van der Waals surface area contributed by atoms with Crippen molar-refractivity contribution in [3.05, 3.63) is 28.5 Å². The maximum Gasteiger partial charge on any atom is 0.326 e. The van der Waals surface area contributed by atoms with Crippen molar-refractivity contribution in [3.63, 3.8) is 0 Å². The van der Waals surface area contributed by atoms with Gasteiger partial charge in [-0.15, -0.1) is 0 Å². The van der Waals surface area contributed by atoms with Crippen molar-refractivity contribution in [2.45, 2.75) is 18.9 Å². The second-order valence-electron chi connectivity index (χ2n) is 3.74. The van der Waals surface area contributed by atoms with Crippen LogP contribution in [0, 0.1) is 0 Å². The lowest BCUT2D eigenvalue weighted by Crippen LogP contribution is -2.41. The zero-order chi connectivity index (χ0) is 14.4. The number of carboxylic acid groups (broad SMARTS) is 1. The molecule has 1 unspecified atom stereocenters. The molecule has 7 nitrogen and oxygen atoms in total. The van der Waals surface area contributed by atoms with Gasteiger partial charge in [-0.3, -0.25) is 9.59 Å². The minimum absolute atomic E-state index is 0.0529. The van der Waals surface area contributed by atoms with Gasteiger partial charge in [-0.1, -0.05) is 0 Å². The Morgan fingerprint density at radius 2 is 2.16 bits per heavy atom. The first-order chi connectivity index (χ1) is 8.90. The molecule has 1 aromatic heterocycles. The summed E-state index contributed by atoms with van der Waals surface area (Å²) in [5.41, 5.74) is 5.21. The van der Waals surface area contributed by atoms with Crippen LogP contribution in [0.2, 0.25) is 0 Å². The lowest BCUT2D eigenvalue weighted by Gasteiger charge is -2.13. The standard InChI is InChI=1S/C11H12BrN3O4/c12-8-5-6(3-4-14-8)10(17)15-7(11(18)19)1-2-9(13)16/h3-5,7H,1-2H2,(H2,13,16)(H,15,17)(H,18,19). The van der Waals surface area contributed by atoms with Gasteiger partial charge in [0, 0.05) is 18.2 Å². The predicted molar refractivity (Wildman–Crippen MR) is 69.3 cm³/mol. The van der Waals surface area contributed by atoms with Gasteiger partial charge >= 0.3 is 5.97 Å². The second-order valence-corrected chi connectivity index (χ2v) is 4.55. The minimum atomic E-state index is -1.22. The van der Waals surface area contributed by atoms with Gasteiger partial charge in [0.05, 0.1) is 0 Å². The quantitative estimate of drug-likeness (QED) is 0.647. The van der Waals surface area contributed by atoms with E-state index in [2.05, 4.69) is 26.2 Å². The number of aromatic nitrogens is 1. The normalized spacial score (nSPS) is 11.6. The molecule has 0 aromatic carbocycles. The largest absolute Gasteiger partial charge is 0.480 e. The molecule has 102 valence electrons. The van der Waals surface area contributed by atoms with Crippen molar-refractivity contribution >= 4 is 33.7 Å². The van der Waals surface area contributed by atoms with Gasteiger partial charge in [-0.2, -0.15) is 0 Å². The molecule has 1 heterocycles. The molecule has 0 aliphatic rings. The van der Waals surface area contributed by atoms with Gasteiger partial charge < -0.3 is 16.2 Å². The summed E-state index contributed by atoms with van der Waals surface area (Å²) in [5.74, 6) is -2.39. The maximum atomic E-state index is 11.8. The van der Waals surface area contributed by atoms with E-state index in [1.54, 1.807) is 0 Å². The van der Waals surface area contributed by atoms with E-state index in [0.29, 0.717) is 4.60 Å². The van der Waals surface area contributed by atoms with Crippen molar-refractivity contribution < 1.29 is 19.5 Å². The summed E-state index contributed by atoms with van der Waals surface area (Å²) in [4.78, 5) is 37.3. The highest BCUT2D eigenvalue weighted by atomic mass is 79.9. The number of aliphatic carboxylic acids is 1. The summed E-state index contributed by atoms with van der Waals surface area (Å²) in [6.45, 7) is 0. The van der Waals surface area contributed by atoms with E-state index in [4.69, 9.17) is 10.8 Å². The van der Waals surface area contributed by atoms with E-state index in [0.717, 1.165) is 0 Å². The third-order valence-electron chi connectivity index (χ3n) is 2.27. The number of nitrogens with zero attached hydrogens (tertiary/aromatic N) is 1. The van der Waals surface area contributed by atoms with Crippen molar-refractivity contribution in [1.82, 2.24) is 10.3 Å². The number of nitrogens with one attached hydrogen (secondary N) is 1. The SMILES string of the molecule is NC(=O)CCC(NC(=O)c1ccnc(Br)c1)C(=O)O. The molecule has 0 radical (unpaired) electrons. The number of halogens is 1. The highest BCUT2D eigenvalue weighted by molar-refractivity contribution is 9.10. The van der Waals surface area contributed by atoms with Crippen LogP contribution in [0.3, 0.4) is 0 Å². The monoisotopic (exact) mass is 329 g/mol. The number of primary amides is 1. The topological polar surface area (TPSA) is 122 Å². The molecule has 0 saturated carbocycles. The van der Waals surface area contributed by atoms with Crippen LogP contribution in [0.4, 0.5) is 0 Å². The summed E-state index contributed by atoms with van der Waals surface area (Å²) in [6.07, 6.45) is 1.25. The number of carbonyl (C=O) groups excluding carboxylic acids is 2. The van der Waals surface area contributed by atoms with Gasteiger partial charge in [0.15, 0.2) is 0 Å². The molecule has 1 rings (SSSR count). The lowest BCUT2D eigenvalue weighted by molar-refractivity contribution is -0.139. The van der Waals surface area contributed by atoms with Gasteiger partial charge in [0.2, 0.25) is 5.91 Å². The number of nitrogens with two attached hydrogens (primary N) is 1. The lowest BCUT2D eigenvalue weighted by atomic mass is 10.1. The predicted octanol–water partition coefficient (Wildman–Crippen LogP) is 0.293. The zero-order valence-electron chi connectivity index (χ0n) is 9.80. The molecule has 8 heteroatoms. The first-order valence-corrected chi connectivity index (χ1v) is 6.13. The summed E-state index contributed by atoms with van der Waals surface area (Å²) >= 11 is 3.11. The van der Waals surface area contributed by atoms with E-state index in [1.165, 1.54) is 18.3 Å². The van der Waals surface area contributed by atoms with Gasteiger partial charge in [-0.25, -0.2) is 9.78 Å². The summed E-state index contributed by atoms with van der Waals surface area (Å²) in [6, 6.07) is 1.75. The number of pyridine rings is 1. The third-order valence-corrected chi connectivity index (χ3v) is 2.71. The van der Waals surface area contributed by atoms with Crippen LogP contribution < -0.4 is 11.1 Å². The van der Waals surface area contributed by atoms with Crippen LogP contribution >= 0.6 is 15.9 Å². The van der Waals surface area contributed by atoms with Gasteiger partial charge in [0.1, 0.15) is 10.6 Å². The van der Waals surface area contributed by atoms with Crippen LogP contribution in [0.5, 0.6) is 0 Å². The average Bonchev–Trinajstić information content (AvgIpc) is 2.33. The first-order valence-electron chi connectivity index (χ1n) is 5.33. The molecule has 0 spiro atoms. The van der Waals surface area contributed by atoms with Crippen LogP contribution in [0.15, 0.2) is 22.9 Å². The number of hydrogen-bond donors (Lipinski definition) is 3. The Bertz CT molecular complexity index is 506. The van der Waals surface area contributed by atoms with E-state index in [-0.39, 0.29) is 18.4 Å². The Hall–Kier alpha value is -1.96. The summed E-state index contributed by atoms with van der Waals surface area (Å²) < 4.78 is 0.462. The first kappa shape index (κ1) is 15.1. The van der Waals surface area contributed by atoms with Crippen molar-refractivity contribution in [1.29, 1.82) is 0 Å². The molecular weight excluding hydrogens is 318 g/mol. The van der Waals surface area contributed by atoms with E-state index < -0.39 is 23.8 Å². The average molecular weight is 330 g/mol. The van der Waals surface area contributed by atoms with Gasteiger partial charge in [0.25, 0.3) is 5.91 Å². The molecule has 0 saturated heterocycles. The molecule has 4 N–H and O–H groups in total. The number of carboxylic acids is 1. The third kappa shape index (κ3) is 5.04. The number of hydrogen-bond acceptors (Lipinski definition) is 4. The minimum Gasteiger partial charge on any atom is -0.480 e. The second kappa shape index (κ2) is 6.83. The van der Waals surface area contributed by atoms with Crippen LogP contribution in [-0.2, 0) is 9.59 Å². The molecule has 2 amide bonds. The van der Waals surface area contributed by atoms with Crippen LogP contribution in [0.1, 0.15) is 23.2 Å². The zero-order valence-corrected chi connectivity index (χ0v) is 11.4. The fraction of sp³-hybridized carbons (Fsp3) is 0.273. The molecule has 0 bridgehead atoms. The Kier molecular flexibility index (Phi) is 5.43. The highest BCUT2D eigenvalue weighted by Crippen LogP contribution is 2.08. The maximum absolute atomic E-state index is 11.8. The fourth-order valence-electron chi connectivity index (χ4n) is 1.33. The molecule has 19 heavy (non-hydrogen) atoms. The summed E-state index contributed by atoms with van der Waals surface area (Å²) in [7, 11) is 0. The van der Waals surface area contributed by atoms with Crippen LogP contribution in [-0.4, -0.2) is 33.9 Å². The van der Waals surface area contributed by atoms with E-state index >= 15 is 0 Å². The van der Waals surface area contributed by atoms with Crippen molar-refractivity contribution in [2.24, 2.45) is 5.73 Å². The van der Waals surface area contributed by atoms with Crippen LogP contribution in [0.25, 0.3) is 0 Å². The molecule has 1 aromatic rings. The van der Waals surface area contributed by atoms with E-state index in [9.17, 15) is 14.4 Å². The molecule has 0 aliphatic heterocycles. The number of carbonyl (C=O) groups is 3. The number of amides is 2. The number of rotatable bonds is 6. The molecular formula is C11H12BrN3O4. The molecule has 0 aliphatic carbocycles. The smallest absolute Gasteiger partial charge is 0.326 e. The molecule has 1 atom stereocenters. The summed E-state index contributed by atoms with van der Waals surface area (Å²) in [5, 5.41) is 11.3. The fourth-order valence-corrected chi connectivity index (χ4v) is 1.69. The molecule has 0 fully saturated rings. The Labute approximate surface area is 117 Å². The van der Waals surface area contributed by atoms with Crippen molar-refractivity contribution in [2.75, 3.05) is 0 Å². The Morgan fingerprint density at radius 1 is 1.47 bits per heavy atom. The Balaban J connectivity index is 2.71. The van der Waals surface area contributed by atoms with E-state index in [1.807, 2.05) is 0 Å². The Morgan fingerprint density at radius 3 is 2.68 bits per heavy atom.